The molecule has 0 aromatic heterocycles. The lowest BCUT2D eigenvalue weighted by Gasteiger charge is -2.45. The first-order valence-corrected chi connectivity index (χ1v) is 8.74. The van der Waals surface area contributed by atoms with E-state index in [0.717, 1.165) is 38.0 Å². The van der Waals surface area contributed by atoms with Gasteiger partial charge in [0.05, 0.1) is 0 Å². The Labute approximate surface area is 143 Å². The third-order valence-electron chi connectivity index (χ3n) is 5.68. The van der Waals surface area contributed by atoms with Gasteiger partial charge in [-0.2, -0.15) is 0 Å². The quantitative estimate of drug-likeness (QED) is 0.901. The predicted octanol–water partition coefficient (Wildman–Crippen LogP) is 4.37. The van der Waals surface area contributed by atoms with E-state index in [2.05, 4.69) is 24.8 Å². The summed E-state index contributed by atoms with van der Waals surface area (Å²) in [5.41, 5.74) is 2.37. The van der Waals surface area contributed by atoms with Crippen LogP contribution in [0.1, 0.15) is 31.4 Å². The van der Waals surface area contributed by atoms with Gasteiger partial charge in [-0.05, 0) is 66.1 Å². The van der Waals surface area contributed by atoms with Crippen molar-refractivity contribution < 1.29 is 9.50 Å². The van der Waals surface area contributed by atoms with Crippen LogP contribution in [0.15, 0.2) is 48.5 Å². The molecular weight excluding hydrogens is 301 g/mol. The van der Waals surface area contributed by atoms with E-state index in [9.17, 15) is 9.50 Å². The number of phenols is 1. The van der Waals surface area contributed by atoms with Gasteiger partial charge in [0.25, 0.3) is 0 Å². The summed E-state index contributed by atoms with van der Waals surface area (Å²) in [7, 11) is 0. The second-order valence-corrected chi connectivity index (χ2v) is 7.30. The highest BCUT2D eigenvalue weighted by Gasteiger charge is 2.37. The lowest BCUT2D eigenvalue weighted by Crippen LogP contribution is -2.47. The van der Waals surface area contributed by atoms with Crippen molar-refractivity contribution in [3.63, 3.8) is 0 Å². The Balaban J connectivity index is 1.62. The summed E-state index contributed by atoms with van der Waals surface area (Å²) in [6.07, 6.45) is 1.95. The second kappa shape index (κ2) is 6.94. The highest BCUT2D eigenvalue weighted by molar-refractivity contribution is 5.33. The van der Waals surface area contributed by atoms with E-state index in [1.165, 1.54) is 11.6 Å². The summed E-state index contributed by atoms with van der Waals surface area (Å²) >= 11 is 0. The van der Waals surface area contributed by atoms with Crippen molar-refractivity contribution in [3.05, 3.63) is 65.5 Å². The molecule has 0 bridgehead atoms. The third kappa shape index (κ3) is 3.62. The normalized spacial score (nSPS) is 24.9. The maximum absolute atomic E-state index is 13.3. The number of benzene rings is 2. The average molecular weight is 327 g/mol. The Morgan fingerprint density at radius 2 is 2.00 bits per heavy atom. The molecule has 0 radical (unpaired) electrons. The lowest BCUT2D eigenvalue weighted by atomic mass is 9.68. The number of hydrogen-bond donors (Lipinski definition) is 1. The zero-order chi connectivity index (χ0) is 17.2. The van der Waals surface area contributed by atoms with Crippen LogP contribution in [0.5, 0.6) is 5.75 Å². The summed E-state index contributed by atoms with van der Waals surface area (Å²) < 4.78 is 13.3. The minimum atomic E-state index is -0.157. The van der Waals surface area contributed by atoms with E-state index in [1.807, 2.05) is 18.2 Å². The molecule has 0 spiro atoms. The Morgan fingerprint density at radius 1 is 1.21 bits per heavy atom. The summed E-state index contributed by atoms with van der Waals surface area (Å²) in [5.74, 6) is 0.686. The topological polar surface area (TPSA) is 23.5 Å². The molecule has 2 aromatic rings. The maximum Gasteiger partial charge on any atom is 0.123 e. The van der Waals surface area contributed by atoms with Gasteiger partial charge in [0, 0.05) is 13.1 Å². The molecule has 0 aliphatic carbocycles. The Kier molecular flexibility index (Phi) is 4.91. The molecule has 1 fully saturated rings. The number of rotatable bonds is 4. The molecule has 0 amide bonds. The highest BCUT2D eigenvalue weighted by atomic mass is 19.1. The molecule has 1 aliphatic heterocycles. The van der Waals surface area contributed by atoms with Crippen LogP contribution in [0.25, 0.3) is 0 Å². The van der Waals surface area contributed by atoms with Crippen molar-refractivity contribution in [3.8, 4) is 5.75 Å². The number of piperidine rings is 1. The monoisotopic (exact) mass is 327 g/mol. The van der Waals surface area contributed by atoms with Crippen LogP contribution < -0.4 is 0 Å². The van der Waals surface area contributed by atoms with Crippen LogP contribution in [0.4, 0.5) is 4.39 Å². The van der Waals surface area contributed by atoms with E-state index in [-0.39, 0.29) is 11.2 Å². The number of nitrogens with zero attached hydrogens (tertiary/aromatic N) is 1. The highest BCUT2D eigenvalue weighted by Crippen LogP contribution is 2.40. The van der Waals surface area contributed by atoms with Crippen LogP contribution in [-0.2, 0) is 11.8 Å². The van der Waals surface area contributed by atoms with Crippen LogP contribution in [0.2, 0.25) is 0 Å². The van der Waals surface area contributed by atoms with Crippen molar-refractivity contribution in [1.82, 2.24) is 4.90 Å². The largest absolute Gasteiger partial charge is 0.508 e. The molecule has 2 atom stereocenters. The van der Waals surface area contributed by atoms with Crippen molar-refractivity contribution in [2.24, 2.45) is 5.92 Å². The van der Waals surface area contributed by atoms with Crippen molar-refractivity contribution in [2.45, 2.75) is 32.1 Å². The van der Waals surface area contributed by atoms with Gasteiger partial charge in [-0.1, -0.05) is 38.1 Å². The van der Waals surface area contributed by atoms with Crippen molar-refractivity contribution >= 4 is 0 Å². The Bertz CT molecular complexity index is 702. The molecule has 128 valence electrons. The number of aromatic hydroxyl groups is 1. The standard InChI is InChI=1S/C21H26FNO/c1-16-15-23(11-9-17-5-3-7-19(22)13-17)12-10-21(16,2)18-6-4-8-20(24)14-18/h3-8,13-14,16,24H,9-12,15H2,1-2H3/t16-,21+/m1/s1. The first-order valence-electron chi connectivity index (χ1n) is 8.74. The average Bonchev–Trinajstić information content (AvgIpc) is 2.56. The lowest BCUT2D eigenvalue weighted by molar-refractivity contribution is 0.112. The number of hydrogen-bond acceptors (Lipinski definition) is 2. The summed E-state index contributed by atoms with van der Waals surface area (Å²) in [4.78, 5) is 2.47. The minimum absolute atomic E-state index is 0.0914. The molecule has 1 saturated heterocycles. The molecule has 1 aliphatic rings. The zero-order valence-corrected chi connectivity index (χ0v) is 14.5. The SMILES string of the molecule is C[C@@H]1CN(CCc2cccc(F)c2)CC[C@]1(C)c1cccc(O)c1. The van der Waals surface area contributed by atoms with Gasteiger partial charge in [0.1, 0.15) is 11.6 Å². The number of halogens is 1. The van der Waals surface area contributed by atoms with Gasteiger partial charge in [0.2, 0.25) is 0 Å². The third-order valence-corrected chi connectivity index (χ3v) is 5.68. The second-order valence-electron chi connectivity index (χ2n) is 7.30. The molecule has 0 saturated carbocycles. The van der Waals surface area contributed by atoms with Gasteiger partial charge in [-0.3, -0.25) is 0 Å². The Morgan fingerprint density at radius 3 is 2.71 bits per heavy atom. The van der Waals surface area contributed by atoms with E-state index in [0.29, 0.717) is 11.7 Å². The first-order chi connectivity index (χ1) is 11.5. The van der Waals surface area contributed by atoms with Gasteiger partial charge >= 0.3 is 0 Å². The molecule has 24 heavy (non-hydrogen) atoms. The Hall–Kier alpha value is -1.87. The molecular formula is C21H26FNO. The summed E-state index contributed by atoms with van der Waals surface area (Å²) in [6, 6.07) is 14.6. The minimum Gasteiger partial charge on any atom is -0.508 e. The van der Waals surface area contributed by atoms with Crippen LogP contribution in [0, 0.1) is 11.7 Å². The molecule has 2 aromatic carbocycles. The summed E-state index contributed by atoms with van der Waals surface area (Å²) in [6.45, 7) is 7.62. The molecule has 1 heterocycles. The van der Waals surface area contributed by atoms with Gasteiger partial charge in [0.15, 0.2) is 0 Å². The number of phenolic OH excluding ortho intramolecular Hbond substituents is 1. The van der Waals surface area contributed by atoms with Gasteiger partial charge in [-0.15, -0.1) is 0 Å². The molecule has 1 N–H and O–H groups in total. The molecule has 0 unspecified atom stereocenters. The van der Waals surface area contributed by atoms with Crippen LogP contribution in [0.3, 0.4) is 0 Å². The van der Waals surface area contributed by atoms with Crippen molar-refractivity contribution in [1.29, 1.82) is 0 Å². The van der Waals surface area contributed by atoms with Gasteiger partial charge in [-0.25, -0.2) is 4.39 Å². The summed E-state index contributed by atoms with van der Waals surface area (Å²) in [5, 5.41) is 9.79. The maximum atomic E-state index is 13.3. The predicted molar refractivity (Wildman–Crippen MR) is 95.8 cm³/mol. The molecule has 2 nitrogen and oxygen atoms in total. The zero-order valence-electron chi connectivity index (χ0n) is 14.5. The molecule has 3 heteroatoms. The van der Waals surface area contributed by atoms with Crippen LogP contribution in [-0.4, -0.2) is 29.6 Å². The smallest absolute Gasteiger partial charge is 0.123 e. The van der Waals surface area contributed by atoms with E-state index >= 15 is 0 Å². The van der Waals surface area contributed by atoms with Crippen molar-refractivity contribution in [2.75, 3.05) is 19.6 Å². The van der Waals surface area contributed by atoms with Gasteiger partial charge < -0.3 is 10.0 Å². The molecule has 3 rings (SSSR count). The fourth-order valence-electron chi connectivity index (χ4n) is 3.79. The van der Waals surface area contributed by atoms with E-state index in [4.69, 9.17) is 0 Å². The first kappa shape index (κ1) is 17.0. The van der Waals surface area contributed by atoms with Crippen LogP contribution >= 0.6 is 0 Å². The van der Waals surface area contributed by atoms with E-state index in [1.54, 1.807) is 18.2 Å². The fraction of sp³-hybridized carbons (Fsp3) is 0.429. The van der Waals surface area contributed by atoms with E-state index < -0.39 is 0 Å². The number of likely N-dealkylation sites (tertiary alicyclic amines) is 1. The fourth-order valence-corrected chi connectivity index (χ4v) is 3.79.